The van der Waals surface area contributed by atoms with Crippen molar-refractivity contribution in [1.29, 1.82) is 0 Å². The van der Waals surface area contributed by atoms with E-state index in [0.717, 1.165) is 6.07 Å². The Balaban J connectivity index is 2.37. The first-order chi connectivity index (χ1) is 10.6. The zero-order valence-corrected chi connectivity index (χ0v) is 12.5. The van der Waals surface area contributed by atoms with Crippen LogP contribution in [0.1, 0.15) is 10.4 Å². The van der Waals surface area contributed by atoms with Crippen molar-refractivity contribution in [3.05, 3.63) is 47.8 Å². The lowest BCUT2D eigenvalue weighted by molar-refractivity contribution is 0.102. The quantitative estimate of drug-likeness (QED) is 0.922. The Morgan fingerprint density at radius 2 is 1.64 bits per heavy atom. The molecule has 6 heteroatoms. The first kappa shape index (κ1) is 15.6. The Kier molecular flexibility index (Phi) is 4.83. The number of rotatable bonds is 5. The number of hydrogen-bond donors (Lipinski definition) is 1. The Morgan fingerprint density at radius 1 is 1.00 bits per heavy atom. The third-order valence-electron chi connectivity index (χ3n) is 3.04. The maximum absolute atomic E-state index is 13.2. The van der Waals surface area contributed by atoms with Crippen LogP contribution in [0.25, 0.3) is 0 Å². The van der Waals surface area contributed by atoms with Crippen LogP contribution in [0.3, 0.4) is 0 Å². The van der Waals surface area contributed by atoms with Crippen molar-refractivity contribution in [1.82, 2.24) is 0 Å². The SMILES string of the molecule is COc1cc(OC)c(NC(=O)c2cccc(F)c2)c(OC)c1. The number of nitrogens with one attached hydrogen (secondary N) is 1. The highest BCUT2D eigenvalue weighted by molar-refractivity contribution is 6.06. The molecule has 0 fully saturated rings. The van der Waals surface area contributed by atoms with E-state index in [9.17, 15) is 9.18 Å². The van der Waals surface area contributed by atoms with Crippen LogP contribution in [-0.4, -0.2) is 27.2 Å². The van der Waals surface area contributed by atoms with Crippen molar-refractivity contribution in [2.24, 2.45) is 0 Å². The second-order valence-electron chi connectivity index (χ2n) is 4.37. The molecule has 22 heavy (non-hydrogen) atoms. The molecule has 1 N–H and O–H groups in total. The van der Waals surface area contributed by atoms with Gasteiger partial charge in [-0.3, -0.25) is 4.79 Å². The minimum absolute atomic E-state index is 0.194. The predicted octanol–water partition coefficient (Wildman–Crippen LogP) is 3.10. The number of carbonyl (C=O) groups is 1. The zero-order chi connectivity index (χ0) is 16.1. The van der Waals surface area contributed by atoms with Crippen LogP contribution < -0.4 is 19.5 Å². The zero-order valence-electron chi connectivity index (χ0n) is 12.5. The van der Waals surface area contributed by atoms with Crippen LogP contribution in [0.4, 0.5) is 10.1 Å². The normalized spacial score (nSPS) is 10.0. The van der Waals surface area contributed by atoms with Gasteiger partial charge in [-0.2, -0.15) is 0 Å². The molecule has 5 nitrogen and oxygen atoms in total. The molecule has 2 aromatic carbocycles. The van der Waals surface area contributed by atoms with E-state index in [0.29, 0.717) is 22.9 Å². The van der Waals surface area contributed by atoms with Crippen LogP contribution in [-0.2, 0) is 0 Å². The van der Waals surface area contributed by atoms with Crippen molar-refractivity contribution >= 4 is 11.6 Å². The summed E-state index contributed by atoms with van der Waals surface area (Å²) >= 11 is 0. The molecule has 0 aliphatic heterocycles. The van der Waals surface area contributed by atoms with Gasteiger partial charge in [0.2, 0.25) is 0 Å². The molecule has 1 amide bonds. The number of methoxy groups -OCH3 is 3. The van der Waals surface area contributed by atoms with Crippen molar-refractivity contribution in [3.8, 4) is 17.2 Å². The lowest BCUT2D eigenvalue weighted by Gasteiger charge is -2.15. The number of halogens is 1. The largest absolute Gasteiger partial charge is 0.496 e. The number of anilines is 1. The number of benzene rings is 2. The van der Waals surface area contributed by atoms with Gasteiger partial charge < -0.3 is 19.5 Å². The average Bonchev–Trinajstić information content (AvgIpc) is 2.54. The van der Waals surface area contributed by atoms with E-state index in [1.54, 1.807) is 12.1 Å². The Hall–Kier alpha value is -2.76. The molecule has 2 aromatic rings. The van der Waals surface area contributed by atoms with Crippen LogP contribution in [0.5, 0.6) is 17.2 Å². The van der Waals surface area contributed by atoms with Gasteiger partial charge >= 0.3 is 0 Å². The van der Waals surface area contributed by atoms with Gasteiger partial charge in [-0.05, 0) is 18.2 Å². The summed E-state index contributed by atoms with van der Waals surface area (Å²) in [5.41, 5.74) is 0.542. The molecule has 0 spiro atoms. The van der Waals surface area contributed by atoms with Crippen molar-refractivity contribution < 1.29 is 23.4 Å². The van der Waals surface area contributed by atoms with Gasteiger partial charge in [0.25, 0.3) is 5.91 Å². The third-order valence-corrected chi connectivity index (χ3v) is 3.04. The first-order valence-corrected chi connectivity index (χ1v) is 6.46. The molecule has 0 aromatic heterocycles. The maximum Gasteiger partial charge on any atom is 0.255 e. The maximum atomic E-state index is 13.2. The Bertz CT molecular complexity index is 663. The minimum Gasteiger partial charge on any atom is -0.496 e. The van der Waals surface area contributed by atoms with E-state index < -0.39 is 11.7 Å². The Labute approximate surface area is 127 Å². The Morgan fingerprint density at radius 3 is 2.14 bits per heavy atom. The number of carbonyl (C=O) groups excluding carboxylic acids is 1. The van der Waals surface area contributed by atoms with Crippen LogP contribution in [0, 0.1) is 5.82 Å². The van der Waals surface area contributed by atoms with Gasteiger partial charge in [0.1, 0.15) is 28.8 Å². The summed E-state index contributed by atoms with van der Waals surface area (Å²) in [6.07, 6.45) is 0. The van der Waals surface area contributed by atoms with Crippen molar-refractivity contribution in [2.75, 3.05) is 26.6 Å². The molecule has 0 heterocycles. The lowest BCUT2D eigenvalue weighted by Crippen LogP contribution is -2.13. The molecule has 0 radical (unpaired) electrons. The monoisotopic (exact) mass is 305 g/mol. The van der Waals surface area contributed by atoms with Gasteiger partial charge in [-0.25, -0.2) is 4.39 Å². The number of amides is 1. The summed E-state index contributed by atoms with van der Waals surface area (Å²) < 4.78 is 28.8. The summed E-state index contributed by atoms with van der Waals surface area (Å²) in [6.45, 7) is 0. The summed E-state index contributed by atoms with van der Waals surface area (Å²) in [6, 6.07) is 8.63. The van der Waals surface area contributed by atoms with E-state index >= 15 is 0 Å². The van der Waals surface area contributed by atoms with Gasteiger partial charge in [0.15, 0.2) is 0 Å². The van der Waals surface area contributed by atoms with Crippen molar-refractivity contribution in [3.63, 3.8) is 0 Å². The molecular weight excluding hydrogens is 289 g/mol. The van der Waals surface area contributed by atoms with Crippen LogP contribution in [0.15, 0.2) is 36.4 Å². The third kappa shape index (κ3) is 3.28. The van der Waals surface area contributed by atoms with Crippen LogP contribution in [0.2, 0.25) is 0 Å². The molecule has 0 aliphatic rings. The standard InChI is InChI=1S/C16H16FNO4/c1-20-12-8-13(21-2)15(14(9-12)22-3)18-16(19)10-5-4-6-11(17)7-10/h4-9H,1-3H3,(H,18,19). The highest BCUT2D eigenvalue weighted by atomic mass is 19.1. The number of hydrogen-bond acceptors (Lipinski definition) is 4. The second-order valence-corrected chi connectivity index (χ2v) is 4.37. The van der Waals surface area contributed by atoms with Gasteiger partial charge in [-0.15, -0.1) is 0 Å². The second kappa shape index (κ2) is 6.80. The molecule has 116 valence electrons. The predicted molar refractivity (Wildman–Crippen MR) is 80.5 cm³/mol. The smallest absolute Gasteiger partial charge is 0.255 e. The van der Waals surface area contributed by atoms with Gasteiger partial charge in [0.05, 0.1) is 21.3 Å². The van der Waals surface area contributed by atoms with Gasteiger partial charge in [0, 0.05) is 17.7 Å². The summed E-state index contributed by atoms with van der Waals surface area (Å²) in [4.78, 5) is 12.2. The molecule has 0 aliphatic carbocycles. The van der Waals surface area contributed by atoms with E-state index in [2.05, 4.69) is 5.32 Å². The summed E-state index contributed by atoms with van der Waals surface area (Å²) in [5, 5.41) is 2.66. The summed E-state index contributed by atoms with van der Waals surface area (Å²) in [7, 11) is 4.44. The van der Waals surface area contributed by atoms with E-state index in [1.165, 1.54) is 39.5 Å². The number of ether oxygens (including phenoxy) is 3. The van der Waals surface area contributed by atoms with E-state index in [1.807, 2.05) is 0 Å². The van der Waals surface area contributed by atoms with E-state index in [-0.39, 0.29) is 5.56 Å². The van der Waals surface area contributed by atoms with Crippen LogP contribution >= 0.6 is 0 Å². The highest BCUT2D eigenvalue weighted by Crippen LogP contribution is 2.39. The topological polar surface area (TPSA) is 56.8 Å². The molecule has 2 rings (SSSR count). The highest BCUT2D eigenvalue weighted by Gasteiger charge is 2.17. The fourth-order valence-corrected chi connectivity index (χ4v) is 1.94. The fourth-order valence-electron chi connectivity index (χ4n) is 1.94. The summed E-state index contributed by atoms with van der Waals surface area (Å²) in [5.74, 6) is 0.321. The molecule has 0 bridgehead atoms. The molecule has 0 unspecified atom stereocenters. The fraction of sp³-hybridized carbons (Fsp3) is 0.188. The molecule has 0 saturated heterocycles. The lowest BCUT2D eigenvalue weighted by atomic mass is 10.2. The molecule has 0 atom stereocenters. The minimum atomic E-state index is -0.485. The molecule has 0 saturated carbocycles. The van der Waals surface area contributed by atoms with E-state index in [4.69, 9.17) is 14.2 Å². The molecular formula is C16H16FNO4. The average molecular weight is 305 g/mol. The first-order valence-electron chi connectivity index (χ1n) is 6.46. The van der Waals surface area contributed by atoms with Crippen molar-refractivity contribution in [2.45, 2.75) is 0 Å². The van der Waals surface area contributed by atoms with Gasteiger partial charge in [-0.1, -0.05) is 6.07 Å².